The predicted molar refractivity (Wildman–Crippen MR) is 87.1 cm³/mol. The minimum absolute atomic E-state index is 0.0978. The maximum atomic E-state index is 12.5. The number of Topliss-reactive ketones (excluding diaryl/α,β-unsaturated/α-hetero) is 1. The molecule has 0 bridgehead atoms. The van der Waals surface area contributed by atoms with Crippen LogP contribution in [-0.4, -0.2) is 30.8 Å². The molecule has 0 N–H and O–H groups in total. The fourth-order valence-electron chi connectivity index (χ4n) is 2.21. The second-order valence-electron chi connectivity index (χ2n) is 5.17. The Morgan fingerprint density at radius 2 is 1.95 bits per heavy atom. The summed E-state index contributed by atoms with van der Waals surface area (Å²) in [5.41, 5.74) is 2.64. The van der Waals surface area contributed by atoms with Crippen molar-refractivity contribution < 1.29 is 4.79 Å². The van der Waals surface area contributed by atoms with Crippen molar-refractivity contribution in [1.29, 1.82) is 0 Å². The third-order valence-corrected chi connectivity index (χ3v) is 4.60. The monoisotopic (exact) mass is 312 g/mol. The lowest BCUT2D eigenvalue weighted by Crippen LogP contribution is -2.13. The number of ketones is 1. The summed E-state index contributed by atoms with van der Waals surface area (Å²) in [5, 5.41) is 5.63. The number of rotatable bonds is 4. The number of aromatic nitrogens is 4. The predicted octanol–water partition coefficient (Wildman–Crippen LogP) is 3.04. The molecule has 22 heavy (non-hydrogen) atoms. The molecule has 3 aromatic rings. The number of hydrogen-bond donors (Lipinski definition) is 0. The zero-order chi connectivity index (χ0) is 15.7. The molecule has 2 aromatic heterocycles. The van der Waals surface area contributed by atoms with Gasteiger partial charge in [0.15, 0.2) is 11.4 Å². The molecule has 2 heterocycles. The highest BCUT2D eigenvalue weighted by molar-refractivity contribution is 8.00. The molecule has 1 aromatic carbocycles. The van der Waals surface area contributed by atoms with Gasteiger partial charge in [-0.2, -0.15) is 5.10 Å². The number of fused-ring (bicyclic) bond motifs is 1. The summed E-state index contributed by atoms with van der Waals surface area (Å²) < 4.78 is 1.70. The van der Waals surface area contributed by atoms with E-state index in [4.69, 9.17) is 0 Å². The first-order valence-corrected chi connectivity index (χ1v) is 7.84. The maximum Gasteiger partial charge on any atom is 0.175 e. The molecule has 1 atom stereocenters. The second-order valence-corrected chi connectivity index (χ2v) is 6.50. The van der Waals surface area contributed by atoms with Gasteiger partial charge in [-0.3, -0.25) is 9.48 Å². The van der Waals surface area contributed by atoms with Gasteiger partial charge >= 0.3 is 0 Å². The maximum absolute atomic E-state index is 12.5. The van der Waals surface area contributed by atoms with E-state index >= 15 is 0 Å². The van der Waals surface area contributed by atoms with Crippen molar-refractivity contribution in [2.24, 2.45) is 7.05 Å². The number of hydrogen-bond acceptors (Lipinski definition) is 5. The van der Waals surface area contributed by atoms with E-state index in [0.29, 0.717) is 0 Å². The lowest BCUT2D eigenvalue weighted by molar-refractivity contribution is 0.0994. The molecule has 0 aliphatic rings. The van der Waals surface area contributed by atoms with Crippen LogP contribution in [0, 0.1) is 6.92 Å². The van der Waals surface area contributed by atoms with Crippen molar-refractivity contribution in [2.75, 3.05) is 0 Å². The minimum Gasteiger partial charge on any atom is -0.293 e. The van der Waals surface area contributed by atoms with Gasteiger partial charge in [0.25, 0.3) is 0 Å². The standard InChI is InChI=1S/C16H16N4OS/c1-10-4-6-12(7-5-10)14(21)11(2)22-16-13-8-19-20(3)15(13)17-9-18-16/h4-9,11H,1-3H3. The Morgan fingerprint density at radius 1 is 1.23 bits per heavy atom. The lowest BCUT2D eigenvalue weighted by Gasteiger charge is -2.10. The summed E-state index contributed by atoms with van der Waals surface area (Å²) in [6, 6.07) is 7.64. The number of benzene rings is 1. The number of carbonyl (C=O) groups excluding carboxylic acids is 1. The van der Waals surface area contributed by atoms with Gasteiger partial charge in [0.05, 0.1) is 16.8 Å². The topological polar surface area (TPSA) is 60.7 Å². The Kier molecular flexibility index (Phi) is 3.94. The van der Waals surface area contributed by atoms with Crippen LogP contribution < -0.4 is 0 Å². The Morgan fingerprint density at radius 3 is 2.68 bits per heavy atom. The first-order valence-electron chi connectivity index (χ1n) is 6.96. The molecule has 0 aliphatic heterocycles. The SMILES string of the molecule is Cc1ccc(C(=O)C(C)Sc2ncnc3c2cnn3C)cc1. The van der Waals surface area contributed by atoms with E-state index in [0.717, 1.165) is 27.2 Å². The molecule has 0 radical (unpaired) electrons. The normalized spacial score (nSPS) is 12.5. The van der Waals surface area contributed by atoms with Crippen LogP contribution in [0.1, 0.15) is 22.8 Å². The fourth-order valence-corrected chi connectivity index (χ4v) is 3.16. The molecule has 5 nitrogen and oxygen atoms in total. The summed E-state index contributed by atoms with van der Waals surface area (Å²) in [6.45, 7) is 3.91. The average Bonchev–Trinajstić information content (AvgIpc) is 2.90. The van der Waals surface area contributed by atoms with Crippen LogP contribution in [-0.2, 0) is 7.05 Å². The molecule has 6 heteroatoms. The Labute approximate surface area is 132 Å². The molecule has 3 rings (SSSR count). The molecule has 0 aliphatic carbocycles. The molecule has 0 fully saturated rings. The summed E-state index contributed by atoms with van der Waals surface area (Å²) in [6.07, 6.45) is 3.25. The van der Waals surface area contributed by atoms with Gasteiger partial charge < -0.3 is 0 Å². The van der Waals surface area contributed by atoms with E-state index in [1.54, 1.807) is 10.9 Å². The summed E-state index contributed by atoms with van der Waals surface area (Å²) in [7, 11) is 1.84. The van der Waals surface area contributed by atoms with Crippen LogP contribution in [0.15, 0.2) is 41.8 Å². The van der Waals surface area contributed by atoms with Crippen LogP contribution >= 0.6 is 11.8 Å². The third kappa shape index (κ3) is 2.74. The van der Waals surface area contributed by atoms with Crippen molar-refractivity contribution >= 4 is 28.6 Å². The van der Waals surface area contributed by atoms with Crippen molar-refractivity contribution in [2.45, 2.75) is 24.1 Å². The summed E-state index contributed by atoms with van der Waals surface area (Å²) >= 11 is 1.44. The number of nitrogens with zero attached hydrogens (tertiary/aromatic N) is 4. The van der Waals surface area contributed by atoms with Gasteiger partial charge in [0, 0.05) is 12.6 Å². The molecule has 0 saturated carbocycles. The van der Waals surface area contributed by atoms with Crippen LogP contribution in [0.4, 0.5) is 0 Å². The highest BCUT2D eigenvalue weighted by atomic mass is 32.2. The van der Waals surface area contributed by atoms with Crippen LogP contribution in [0.3, 0.4) is 0 Å². The average molecular weight is 312 g/mol. The van der Waals surface area contributed by atoms with Gasteiger partial charge in [0.2, 0.25) is 0 Å². The molecule has 112 valence electrons. The second kappa shape index (κ2) is 5.88. The Bertz CT molecular complexity index is 826. The van der Waals surface area contributed by atoms with Crippen molar-refractivity contribution in [3.8, 4) is 0 Å². The molecular formula is C16H16N4OS. The highest BCUT2D eigenvalue weighted by Gasteiger charge is 2.19. The van der Waals surface area contributed by atoms with Gasteiger partial charge in [0.1, 0.15) is 11.4 Å². The summed E-state index contributed by atoms with van der Waals surface area (Å²) in [5.74, 6) is 0.0978. The van der Waals surface area contributed by atoms with Gasteiger partial charge in [-0.1, -0.05) is 41.6 Å². The Balaban J connectivity index is 1.85. The number of carbonyl (C=O) groups is 1. The van der Waals surface area contributed by atoms with Crippen LogP contribution in [0.2, 0.25) is 0 Å². The third-order valence-electron chi connectivity index (χ3n) is 3.49. The molecular weight excluding hydrogens is 296 g/mol. The molecule has 1 unspecified atom stereocenters. The zero-order valence-corrected chi connectivity index (χ0v) is 13.5. The number of thioether (sulfide) groups is 1. The van der Waals surface area contributed by atoms with Crippen molar-refractivity contribution in [1.82, 2.24) is 19.7 Å². The Hall–Kier alpha value is -2.21. The van der Waals surface area contributed by atoms with E-state index in [1.807, 2.05) is 45.2 Å². The first-order chi connectivity index (χ1) is 10.6. The molecule has 0 spiro atoms. The lowest BCUT2D eigenvalue weighted by atomic mass is 10.1. The van der Waals surface area contributed by atoms with E-state index in [2.05, 4.69) is 15.1 Å². The molecule has 0 amide bonds. The van der Waals surface area contributed by atoms with Gasteiger partial charge in [-0.25, -0.2) is 9.97 Å². The smallest absolute Gasteiger partial charge is 0.175 e. The number of aryl methyl sites for hydroxylation is 2. The zero-order valence-electron chi connectivity index (χ0n) is 12.6. The van der Waals surface area contributed by atoms with Crippen LogP contribution in [0.25, 0.3) is 11.0 Å². The van der Waals surface area contributed by atoms with Gasteiger partial charge in [-0.15, -0.1) is 0 Å². The highest BCUT2D eigenvalue weighted by Crippen LogP contribution is 2.29. The largest absolute Gasteiger partial charge is 0.293 e. The fraction of sp³-hybridized carbons (Fsp3) is 0.250. The van der Waals surface area contributed by atoms with E-state index in [9.17, 15) is 4.79 Å². The van der Waals surface area contributed by atoms with E-state index in [1.165, 1.54) is 18.1 Å². The van der Waals surface area contributed by atoms with Crippen molar-refractivity contribution in [3.63, 3.8) is 0 Å². The molecule has 0 saturated heterocycles. The van der Waals surface area contributed by atoms with Crippen LogP contribution in [0.5, 0.6) is 0 Å². The van der Waals surface area contributed by atoms with E-state index in [-0.39, 0.29) is 11.0 Å². The van der Waals surface area contributed by atoms with E-state index < -0.39 is 0 Å². The van der Waals surface area contributed by atoms with Crippen molar-refractivity contribution in [3.05, 3.63) is 47.9 Å². The van der Waals surface area contributed by atoms with Gasteiger partial charge in [-0.05, 0) is 13.8 Å². The summed E-state index contributed by atoms with van der Waals surface area (Å²) in [4.78, 5) is 21.0. The minimum atomic E-state index is -0.221. The quantitative estimate of drug-likeness (QED) is 0.421. The first kappa shape index (κ1) is 14.7.